The lowest BCUT2D eigenvalue weighted by atomic mass is 10.1. The first-order chi connectivity index (χ1) is 9.59. The predicted octanol–water partition coefficient (Wildman–Crippen LogP) is 0.896. The van der Waals surface area contributed by atoms with Crippen molar-refractivity contribution in [2.45, 2.75) is 12.8 Å². The minimum atomic E-state index is 0.0319. The second kappa shape index (κ2) is 9.34. The van der Waals surface area contributed by atoms with Crippen molar-refractivity contribution in [1.29, 1.82) is 0 Å². The third kappa shape index (κ3) is 7.11. The first-order valence-electron chi connectivity index (χ1n) is 6.92. The number of hydrogen-bond donors (Lipinski definition) is 2. The molecule has 0 aliphatic heterocycles. The van der Waals surface area contributed by atoms with E-state index in [0.29, 0.717) is 32.6 Å². The highest BCUT2D eigenvalue weighted by Gasteiger charge is 2.03. The monoisotopic (exact) mass is 279 g/mol. The summed E-state index contributed by atoms with van der Waals surface area (Å²) >= 11 is 0. The van der Waals surface area contributed by atoms with Crippen LogP contribution >= 0.6 is 0 Å². The summed E-state index contributed by atoms with van der Waals surface area (Å²) in [5.41, 5.74) is 7.59. The predicted molar refractivity (Wildman–Crippen MR) is 81.6 cm³/mol. The summed E-state index contributed by atoms with van der Waals surface area (Å²) < 4.78 is 5.40. The zero-order valence-electron chi connectivity index (χ0n) is 12.4. The van der Waals surface area contributed by atoms with Gasteiger partial charge in [-0.15, -0.1) is 0 Å². The molecule has 112 valence electrons. The number of para-hydroxylation sites is 1. The standard InChI is InChI=1S/C15H25N3O2/c1-18(2)10-12-20-11-9-17-15(19)8-7-13-5-3-4-6-14(13)16/h3-6H,7-12,16H2,1-2H3,(H,17,19). The Bertz CT molecular complexity index is 408. The smallest absolute Gasteiger partial charge is 0.220 e. The van der Waals surface area contributed by atoms with Gasteiger partial charge in [0.15, 0.2) is 0 Å². The van der Waals surface area contributed by atoms with E-state index in [2.05, 4.69) is 10.2 Å². The number of nitrogens with two attached hydrogens (primary N) is 1. The van der Waals surface area contributed by atoms with Crippen molar-refractivity contribution < 1.29 is 9.53 Å². The van der Waals surface area contributed by atoms with E-state index >= 15 is 0 Å². The number of nitrogens with one attached hydrogen (secondary N) is 1. The zero-order valence-corrected chi connectivity index (χ0v) is 12.4. The average Bonchev–Trinajstić information content (AvgIpc) is 2.41. The van der Waals surface area contributed by atoms with Crippen LogP contribution < -0.4 is 11.1 Å². The Hall–Kier alpha value is -1.59. The number of benzene rings is 1. The van der Waals surface area contributed by atoms with Gasteiger partial charge in [0.25, 0.3) is 0 Å². The molecular weight excluding hydrogens is 254 g/mol. The molecule has 0 aliphatic carbocycles. The highest BCUT2D eigenvalue weighted by atomic mass is 16.5. The zero-order chi connectivity index (χ0) is 14.8. The second-order valence-electron chi connectivity index (χ2n) is 4.96. The molecule has 0 heterocycles. The molecule has 1 amide bonds. The van der Waals surface area contributed by atoms with Crippen LogP contribution in [0.3, 0.4) is 0 Å². The van der Waals surface area contributed by atoms with Gasteiger partial charge in [-0.3, -0.25) is 4.79 Å². The first-order valence-corrected chi connectivity index (χ1v) is 6.92. The fourth-order valence-electron chi connectivity index (χ4n) is 1.71. The van der Waals surface area contributed by atoms with Gasteiger partial charge in [-0.25, -0.2) is 0 Å². The molecule has 0 atom stereocenters. The minimum absolute atomic E-state index is 0.0319. The van der Waals surface area contributed by atoms with Gasteiger partial charge in [-0.05, 0) is 32.1 Å². The van der Waals surface area contributed by atoms with Crippen molar-refractivity contribution in [1.82, 2.24) is 10.2 Å². The summed E-state index contributed by atoms with van der Waals surface area (Å²) in [6, 6.07) is 7.63. The quantitative estimate of drug-likeness (QED) is 0.520. The van der Waals surface area contributed by atoms with Crippen molar-refractivity contribution >= 4 is 11.6 Å². The fourth-order valence-corrected chi connectivity index (χ4v) is 1.71. The lowest BCUT2D eigenvalue weighted by molar-refractivity contribution is -0.121. The van der Waals surface area contributed by atoms with Crippen LogP contribution in [0.25, 0.3) is 0 Å². The Morgan fingerprint density at radius 3 is 2.75 bits per heavy atom. The van der Waals surface area contributed by atoms with E-state index in [1.54, 1.807) is 0 Å². The highest BCUT2D eigenvalue weighted by molar-refractivity contribution is 5.76. The van der Waals surface area contributed by atoms with E-state index in [0.717, 1.165) is 17.8 Å². The minimum Gasteiger partial charge on any atom is -0.399 e. The number of hydrogen-bond acceptors (Lipinski definition) is 4. The van der Waals surface area contributed by atoms with Crippen LogP contribution in [-0.4, -0.2) is 51.2 Å². The van der Waals surface area contributed by atoms with Gasteiger partial charge < -0.3 is 20.7 Å². The molecule has 0 radical (unpaired) electrons. The Morgan fingerprint density at radius 1 is 1.30 bits per heavy atom. The van der Waals surface area contributed by atoms with Gasteiger partial charge in [0.05, 0.1) is 13.2 Å². The molecule has 0 unspecified atom stereocenters. The normalized spacial score (nSPS) is 10.8. The summed E-state index contributed by atoms with van der Waals surface area (Å²) in [5.74, 6) is 0.0319. The largest absolute Gasteiger partial charge is 0.399 e. The number of nitrogen functional groups attached to an aromatic ring is 1. The van der Waals surface area contributed by atoms with E-state index in [1.807, 2.05) is 38.4 Å². The van der Waals surface area contributed by atoms with Gasteiger partial charge >= 0.3 is 0 Å². The molecule has 0 saturated carbocycles. The van der Waals surface area contributed by atoms with E-state index in [1.165, 1.54) is 0 Å². The van der Waals surface area contributed by atoms with Crippen LogP contribution in [0.2, 0.25) is 0 Å². The Morgan fingerprint density at radius 2 is 2.05 bits per heavy atom. The molecule has 0 saturated heterocycles. The molecule has 1 rings (SSSR count). The Labute approximate surface area is 121 Å². The number of carbonyl (C=O) groups is 1. The van der Waals surface area contributed by atoms with Gasteiger partial charge in [-0.2, -0.15) is 0 Å². The van der Waals surface area contributed by atoms with Crippen LogP contribution in [0, 0.1) is 0 Å². The number of amides is 1. The van der Waals surface area contributed by atoms with E-state index < -0.39 is 0 Å². The number of nitrogens with zero attached hydrogens (tertiary/aromatic N) is 1. The SMILES string of the molecule is CN(C)CCOCCNC(=O)CCc1ccccc1N. The Balaban J connectivity index is 2.08. The number of ether oxygens (including phenoxy) is 1. The maximum atomic E-state index is 11.7. The molecule has 0 fully saturated rings. The van der Waals surface area contributed by atoms with Crippen molar-refractivity contribution in [3.05, 3.63) is 29.8 Å². The topological polar surface area (TPSA) is 67.6 Å². The molecule has 20 heavy (non-hydrogen) atoms. The van der Waals surface area contributed by atoms with Crippen LogP contribution in [-0.2, 0) is 16.0 Å². The maximum Gasteiger partial charge on any atom is 0.220 e. The van der Waals surface area contributed by atoms with Crippen LogP contribution in [0.4, 0.5) is 5.69 Å². The van der Waals surface area contributed by atoms with E-state index in [-0.39, 0.29) is 5.91 Å². The number of carbonyl (C=O) groups excluding carboxylic acids is 1. The van der Waals surface area contributed by atoms with Crippen LogP contribution in [0.15, 0.2) is 24.3 Å². The van der Waals surface area contributed by atoms with Gasteiger partial charge in [0, 0.05) is 25.2 Å². The summed E-state index contributed by atoms with van der Waals surface area (Å²) in [5, 5.41) is 2.84. The van der Waals surface area contributed by atoms with Gasteiger partial charge in [-0.1, -0.05) is 18.2 Å². The highest BCUT2D eigenvalue weighted by Crippen LogP contribution is 2.12. The van der Waals surface area contributed by atoms with Crippen molar-refractivity contribution in [3.63, 3.8) is 0 Å². The molecule has 0 spiro atoms. The van der Waals surface area contributed by atoms with Gasteiger partial charge in [0.1, 0.15) is 0 Å². The van der Waals surface area contributed by atoms with Gasteiger partial charge in [0.2, 0.25) is 5.91 Å². The molecule has 5 nitrogen and oxygen atoms in total. The van der Waals surface area contributed by atoms with E-state index in [9.17, 15) is 4.79 Å². The molecule has 0 bridgehead atoms. The van der Waals surface area contributed by atoms with Crippen LogP contribution in [0.5, 0.6) is 0 Å². The van der Waals surface area contributed by atoms with Crippen molar-refractivity contribution in [2.24, 2.45) is 0 Å². The molecule has 0 aliphatic rings. The van der Waals surface area contributed by atoms with Crippen molar-refractivity contribution in [3.8, 4) is 0 Å². The maximum absolute atomic E-state index is 11.7. The molecule has 1 aromatic carbocycles. The van der Waals surface area contributed by atoms with Crippen molar-refractivity contribution in [2.75, 3.05) is 46.1 Å². The third-order valence-electron chi connectivity index (χ3n) is 2.93. The van der Waals surface area contributed by atoms with E-state index in [4.69, 9.17) is 10.5 Å². The summed E-state index contributed by atoms with van der Waals surface area (Å²) in [7, 11) is 4.00. The second-order valence-corrected chi connectivity index (χ2v) is 4.96. The number of likely N-dealkylation sites (N-methyl/N-ethyl adjacent to an activating group) is 1. The summed E-state index contributed by atoms with van der Waals surface area (Å²) in [6.45, 7) is 2.67. The molecule has 5 heteroatoms. The average molecular weight is 279 g/mol. The molecular formula is C15H25N3O2. The molecule has 1 aromatic rings. The number of aryl methyl sites for hydroxylation is 1. The molecule has 3 N–H and O–H groups in total. The first kappa shape index (κ1) is 16.5. The lowest BCUT2D eigenvalue weighted by Crippen LogP contribution is -2.28. The summed E-state index contributed by atoms with van der Waals surface area (Å²) in [4.78, 5) is 13.7. The molecule has 0 aromatic heterocycles. The Kier molecular flexibility index (Phi) is 7.69. The number of rotatable bonds is 9. The number of anilines is 1. The lowest BCUT2D eigenvalue weighted by Gasteiger charge is -2.10. The summed E-state index contributed by atoms with van der Waals surface area (Å²) in [6.07, 6.45) is 1.12. The fraction of sp³-hybridized carbons (Fsp3) is 0.533. The third-order valence-corrected chi connectivity index (χ3v) is 2.93. The van der Waals surface area contributed by atoms with Crippen LogP contribution in [0.1, 0.15) is 12.0 Å².